The number of hydrogen-bond donors (Lipinski definition) is 4. The van der Waals surface area contributed by atoms with Gasteiger partial charge in [0.15, 0.2) is 0 Å². The number of rotatable bonds is 10. The number of hydrogen-bond acceptors (Lipinski definition) is 9. The van der Waals surface area contributed by atoms with Crippen molar-refractivity contribution in [1.29, 1.82) is 0 Å². The molecule has 306 valence electrons. The second-order valence-corrected chi connectivity index (χ2v) is 16.5. The van der Waals surface area contributed by atoms with Crippen LogP contribution in [0.5, 0.6) is 0 Å². The molecule has 6 atom stereocenters. The second-order valence-electron chi connectivity index (χ2n) is 16.5. The zero-order chi connectivity index (χ0) is 41.4. The fourth-order valence-electron chi connectivity index (χ4n) is 8.50. The minimum atomic E-state index is -0.788. The highest BCUT2D eigenvalue weighted by atomic mass is 16.5. The number of carbonyl (C=O) groups is 4. The topological polar surface area (TPSA) is 179 Å². The molecule has 4 N–H and O–H groups in total. The van der Waals surface area contributed by atoms with Crippen LogP contribution >= 0.6 is 0 Å². The van der Waals surface area contributed by atoms with Crippen molar-refractivity contribution in [2.24, 2.45) is 22.7 Å². The Labute approximate surface area is 338 Å². The van der Waals surface area contributed by atoms with Crippen LogP contribution in [0.15, 0.2) is 65.7 Å². The summed E-state index contributed by atoms with van der Waals surface area (Å²) in [6, 6.07) is 18.6. The number of alkyl carbamates (subject to hydrolysis) is 2. The third-order valence-electron chi connectivity index (χ3n) is 11.6. The first-order chi connectivity index (χ1) is 27.7. The van der Waals surface area contributed by atoms with Crippen molar-refractivity contribution in [3.63, 3.8) is 0 Å². The fourth-order valence-corrected chi connectivity index (χ4v) is 8.50. The molecule has 58 heavy (non-hydrogen) atoms. The average Bonchev–Trinajstić information content (AvgIpc) is 4.01. The SMILES string of the molecule is COC(=O)N[C@H](C(=O)N1C[C@@H](C)C[C@H]1c1nc2ccc(-c3ccc(-c4ccc5c(c4)CC([C@@H]4C[C@@H](O)CN4C(=O)[C@H](NC(=O)OC)C(C)C)=N5)cc3)cc2[nH]1)C(C)C. The number of β-amino-alcohol motifs (C(OH)–C–C–N with tert-alkyl or cyclic N) is 1. The Kier molecular flexibility index (Phi) is 11.6. The van der Waals surface area contributed by atoms with Crippen molar-refractivity contribution in [1.82, 2.24) is 30.4 Å². The van der Waals surface area contributed by atoms with Gasteiger partial charge in [0.2, 0.25) is 11.8 Å². The minimum absolute atomic E-state index is 0.123. The van der Waals surface area contributed by atoms with Gasteiger partial charge in [-0.3, -0.25) is 14.6 Å². The number of imidazole rings is 1. The molecule has 2 saturated heterocycles. The van der Waals surface area contributed by atoms with Gasteiger partial charge in [-0.1, -0.05) is 71.0 Å². The predicted octanol–water partition coefficient (Wildman–Crippen LogP) is 6.16. The molecule has 0 spiro atoms. The quantitative estimate of drug-likeness (QED) is 0.148. The van der Waals surface area contributed by atoms with Crippen LogP contribution in [0.3, 0.4) is 0 Å². The Hall–Kier alpha value is -5.76. The molecule has 0 unspecified atom stereocenters. The third kappa shape index (κ3) is 8.15. The Bertz CT molecular complexity index is 2230. The number of ether oxygens (including phenoxy) is 2. The Morgan fingerprint density at radius 2 is 1.31 bits per heavy atom. The molecule has 0 radical (unpaired) electrons. The Balaban J connectivity index is 1.05. The number of H-pyrrole nitrogens is 1. The Morgan fingerprint density at radius 3 is 1.90 bits per heavy atom. The first-order valence-electron chi connectivity index (χ1n) is 20.0. The van der Waals surface area contributed by atoms with E-state index in [1.807, 2.05) is 56.9 Å². The number of aliphatic hydroxyl groups is 1. The summed E-state index contributed by atoms with van der Waals surface area (Å²) in [4.78, 5) is 68.3. The first kappa shape index (κ1) is 40.4. The van der Waals surface area contributed by atoms with E-state index in [-0.39, 0.29) is 48.2 Å². The van der Waals surface area contributed by atoms with Crippen molar-refractivity contribution < 1.29 is 33.8 Å². The zero-order valence-electron chi connectivity index (χ0n) is 34.1. The van der Waals surface area contributed by atoms with E-state index in [9.17, 15) is 24.3 Å². The van der Waals surface area contributed by atoms with Crippen LogP contribution in [0.25, 0.3) is 33.3 Å². The number of benzene rings is 3. The van der Waals surface area contributed by atoms with Crippen molar-refractivity contribution in [3.05, 3.63) is 72.1 Å². The van der Waals surface area contributed by atoms with E-state index in [0.29, 0.717) is 19.4 Å². The number of aromatic amines is 1. The predicted molar refractivity (Wildman–Crippen MR) is 220 cm³/mol. The van der Waals surface area contributed by atoms with Crippen molar-refractivity contribution in [2.45, 2.75) is 84.2 Å². The summed E-state index contributed by atoms with van der Waals surface area (Å²) in [6.45, 7) is 10.4. The van der Waals surface area contributed by atoms with Gasteiger partial charge in [0, 0.05) is 31.6 Å². The van der Waals surface area contributed by atoms with Gasteiger partial charge in [-0.05, 0) is 76.3 Å². The lowest BCUT2D eigenvalue weighted by Gasteiger charge is -2.30. The number of amides is 4. The molecule has 3 aliphatic heterocycles. The summed E-state index contributed by atoms with van der Waals surface area (Å²) in [5.41, 5.74) is 8.57. The van der Waals surface area contributed by atoms with Crippen LogP contribution in [0.4, 0.5) is 15.3 Å². The van der Waals surface area contributed by atoms with Crippen molar-refractivity contribution >= 4 is 46.4 Å². The molecule has 0 aliphatic carbocycles. The number of fused-ring (bicyclic) bond motifs is 2. The summed E-state index contributed by atoms with van der Waals surface area (Å²) in [5, 5.41) is 16.0. The molecule has 2 fully saturated rings. The molecule has 3 aromatic carbocycles. The maximum atomic E-state index is 13.8. The van der Waals surface area contributed by atoms with Crippen LogP contribution in [0, 0.1) is 17.8 Å². The summed E-state index contributed by atoms with van der Waals surface area (Å²) in [7, 11) is 2.55. The number of methoxy groups -OCH3 is 2. The summed E-state index contributed by atoms with van der Waals surface area (Å²) in [6.07, 6.45) is -0.291. The molecule has 3 aliphatic rings. The number of carbonyl (C=O) groups excluding carboxylic acids is 4. The van der Waals surface area contributed by atoms with E-state index in [4.69, 9.17) is 19.5 Å². The van der Waals surface area contributed by atoms with Gasteiger partial charge >= 0.3 is 12.2 Å². The highest BCUT2D eigenvalue weighted by Crippen LogP contribution is 2.38. The summed E-state index contributed by atoms with van der Waals surface area (Å²) >= 11 is 0. The highest BCUT2D eigenvalue weighted by molar-refractivity contribution is 6.01. The molecule has 7 rings (SSSR count). The van der Waals surface area contributed by atoms with Gasteiger partial charge in [-0.2, -0.15) is 0 Å². The van der Waals surface area contributed by atoms with Gasteiger partial charge in [0.05, 0.1) is 49.1 Å². The molecule has 1 aromatic heterocycles. The van der Waals surface area contributed by atoms with Crippen molar-refractivity contribution in [3.8, 4) is 22.3 Å². The highest BCUT2D eigenvalue weighted by Gasteiger charge is 2.43. The van der Waals surface area contributed by atoms with Gasteiger partial charge in [-0.15, -0.1) is 0 Å². The lowest BCUT2D eigenvalue weighted by atomic mass is 9.96. The number of aliphatic imine (C=N–C) groups is 1. The molecule has 0 saturated carbocycles. The van der Waals surface area contributed by atoms with Crippen LogP contribution in [0.2, 0.25) is 0 Å². The number of likely N-dealkylation sites (tertiary alicyclic amines) is 2. The minimum Gasteiger partial charge on any atom is -0.453 e. The molecular weight excluding hydrogens is 739 g/mol. The van der Waals surface area contributed by atoms with Gasteiger partial charge in [-0.25, -0.2) is 14.6 Å². The first-order valence-corrected chi connectivity index (χ1v) is 20.0. The monoisotopic (exact) mass is 791 g/mol. The maximum absolute atomic E-state index is 13.8. The lowest BCUT2D eigenvalue weighted by molar-refractivity contribution is -0.136. The molecule has 4 amide bonds. The normalized spacial score (nSPS) is 21.2. The Morgan fingerprint density at radius 1 is 0.759 bits per heavy atom. The van der Waals surface area contributed by atoms with Crippen LogP contribution < -0.4 is 10.6 Å². The third-order valence-corrected chi connectivity index (χ3v) is 11.6. The average molecular weight is 792 g/mol. The van der Waals surface area contributed by atoms with E-state index < -0.39 is 30.4 Å². The number of aromatic nitrogens is 2. The van der Waals surface area contributed by atoms with E-state index in [2.05, 4.69) is 58.9 Å². The lowest BCUT2D eigenvalue weighted by Crippen LogP contribution is -2.54. The molecule has 14 nitrogen and oxygen atoms in total. The van der Waals surface area contributed by atoms with Gasteiger partial charge < -0.3 is 40.0 Å². The van der Waals surface area contributed by atoms with E-state index in [1.165, 1.54) is 14.2 Å². The zero-order valence-corrected chi connectivity index (χ0v) is 34.1. The van der Waals surface area contributed by atoms with Gasteiger partial charge in [0.25, 0.3) is 0 Å². The largest absolute Gasteiger partial charge is 0.453 e. The standard InChI is InChI=1S/C44H53N7O7/c1-23(2)38(48-43(55)57-6)41(53)50-21-25(5)16-37(50)40-46-33-15-13-29(18-34(33)47-40)27-10-8-26(9-11-27)28-12-14-32-30(17-28)19-35(45-32)36-20-31(52)22-51(36)42(54)39(24(3)4)49-44(56)58-7/h8-15,17-18,23-25,31,36-39,52H,16,19-22H2,1-7H3,(H,46,47)(H,48,55)(H,49,56)/t25-,31+,36-,37-,38-,39+/m0/s1. The molecular formula is C44H53N7O7. The van der Waals surface area contributed by atoms with Gasteiger partial charge in [0.1, 0.15) is 17.9 Å². The summed E-state index contributed by atoms with van der Waals surface area (Å²) < 4.78 is 9.55. The van der Waals surface area contributed by atoms with E-state index >= 15 is 0 Å². The van der Waals surface area contributed by atoms with E-state index in [1.54, 1.807) is 4.90 Å². The van der Waals surface area contributed by atoms with Crippen LogP contribution in [0.1, 0.15) is 64.9 Å². The molecule has 14 heteroatoms. The number of nitrogens with one attached hydrogen (secondary N) is 3. The maximum Gasteiger partial charge on any atom is 0.407 e. The molecule has 0 bridgehead atoms. The van der Waals surface area contributed by atoms with Crippen molar-refractivity contribution in [2.75, 3.05) is 27.3 Å². The smallest absolute Gasteiger partial charge is 0.407 e. The molecule has 4 heterocycles. The number of nitrogens with zero attached hydrogens (tertiary/aromatic N) is 4. The molecule has 4 aromatic rings. The second kappa shape index (κ2) is 16.6. The number of aliphatic hydroxyl groups excluding tert-OH is 1. The summed E-state index contributed by atoms with van der Waals surface area (Å²) in [5.74, 6) is 0.283. The van der Waals surface area contributed by atoms with Crippen LogP contribution in [-0.4, -0.2) is 106 Å². The van der Waals surface area contributed by atoms with E-state index in [0.717, 1.165) is 62.5 Å². The van der Waals surface area contributed by atoms with Crippen LogP contribution in [-0.2, 0) is 25.5 Å². The fraction of sp³-hybridized carbons (Fsp3) is 0.455.